The zero-order chi connectivity index (χ0) is 20.8. The van der Waals surface area contributed by atoms with Gasteiger partial charge in [-0.05, 0) is 45.4 Å². The first-order valence-electron chi connectivity index (χ1n) is 8.75. The minimum Gasteiger partial charge on any atom is -0.493 e. The summed E-state index contributed by atoms with van der Waals surface area (Å²) in [6.45, 7) is 7.28. The SMILES string of the molecule is CCOc1ccccc1C(=O)Nc1sc(C(=O)OC)c(C)c1C(=O)OC(C)C. The first-order chi connectivity index (χ1) is 13.3. The lowest BCUT2D eigenvalue weighted by molar-refractivity contribution is 0.0379. The Balaban J connectivity index is 2.45. The molecule has 1 amide bonds. The molecule has 2 rings (SSSR count). The fraction of sp³-hybridized carbons (Fsp3) is 0.350. The summed E-state index contributed by atoms with van der Waals surface area (Å²) in [5.74, 6) is -1.24. The second-order valence-corrected chi connectivity index (χ2v) is 7.11. The van der Waals surface area contributed by atoms with Crippen LogP contribution in [-0.4, -0.2) is 37.7 Å². The summed E-state index contributed by atoms with van der Waals surface area (Å²) in [5.41, 5.74) is 0.857. The molecular weight excluding hydrogens is 382 g/mol. The molecule has 0 radical (unpaired) electrons. The average molecular weight is 405 g/mol. The predicted octanol–water partition coefficient (Wildman–Crippen LogP) is 4.06. The number of anilines is 1. The molecule has 0 fully saturated rings. The van der Waals surface area contributed by atoms with Crippen molar-refractivity contribution in [3.63, 3.8) is 0 Å². The fourth-order valence-electron chi connectivity index (χ4n) is 2.51. The monoisotopic (exact) mass is 405 g/mol. The maximum absolute atomic E-state index is 12.8. The van der Waals surface area contributed by atoms with Crippen LogP contribution in [0.3, 0.4) is 0 Å². The molecule has 1 N–H and O–H groups in total. The van der Waals surface area contributed by atoms with Gasteiger partial charge >= 0.3 is 11.9 Å². The molecule has 0 aliphatic heterocycles. The van der Waals surface area contributed by atoms with Crippen LogP contribution in [0.25, 0.3) is 0 Å². The summed E-state index contributed by atoms with van der Waals surface area (Å²) in [4.78, 5) is 37.7. The summed E-state index contributed by atoms with van der Waals surface area (Å²) in [5, 5.41) is 2.93. The van der Waals surface area contributed by atoms with Gasteiger partial charge in [-0.25, -0.2) is 9.59 Å². The van der Waals surface area contributed by atoms with E-state index in [0.29, 0.717) is 23.5 Å². The van der Waals surface area contributed by atoms with Crippen LogP contribution >= 0.6 is 11.3 Å². The van der Waals surface area contributed by atoms with E-state index in [9.17, 15) is 14.4 Å². The molecule has 1 aromatic carbocycles. The van der Waals surface area contributed by atoms with Gasteiger partial charge in [0.25, 0.3) is 5.91 Å². The van der Waals surface area contributed by atoms with E-state index in [4.69, 9.17) is 14.2 Å². The zero-order valence-corrected chi connectivity index (χ0v) is 17.3. The molecule has 8 heteroatoms. The number of thiophene rings is 1. The highest BCUT2D eigenvalue weighted by molar-refractivity contribution is 7.18. The molecule has 0 bridgehead atoms. The lowest BCUT2D eigenvalue weighted by atomic mass is 10.1. The van der Waals surface area contributed by atoms with Crippen molar-refractivity contribution in [2.45, 2.75) is 33.8 Å². The molecular formula is C20H23NO6S. The summed E-state index contributed by atoms with van der Waals surface area (Å²) in [6.07, 6.45) is -0.351. The Morgan fingerprint density at radius 1 is 1.14 bits per heavy atom. The van der Waals surface area contributed by atoms with Crippen molar-refractivity contribution in [1.29, 1.82) is 0 Å². The Morgan fingerprint density at radius 3 is 2.43 bits per heavy atom. The van der Waals surface area contributed by atoms with E-state index in [1.165, 1.54) is 7.11 Å². The van der Waals surface area contributed by atoms with Crippen molar-refractivity contribution in [3.8, 4) is 5.75 Å². The quantitative estimate of drug-likeness (QED) is 0.699. The molecule has 0 saturated carbocycles. The van der Waals surface area contributed by atoms with Crippen LogP contribution in [0, 0.1) is 6.92 Å². The third-order valence-corrected chi connectivity index (χ3v) is 4.91. The molecule has 1 aromatic heterocycles. The second kappa shape index (κ2) is 9.36. The fourth-order valence-corrected chi connectivity index (χ4v) is 3.62. The van der Waals surface area contributed by atoms with E-state index in [1.807, 2.05) is 6.92 Å². The Labute approximate surface area is 167 Å². The highest BCUT2D eigenvalue weighted by Crippen LogP contribution is 2.35. The number of ether oxygens (including phenoxy) is 3. The van der Waals surface area contributed by atoms with Gasteiger partial charge in [-0.1, -0.05) is 12.1 Å². The number of rotatable bonds is 7. The van der Waals surface area contributed by atoms with Gasteiger partial charge < -0.3 is 19.5 Å². The summed E-state index contributed by atoms with van der Waals surface area (Å²) in [6, 6.07) is 6.78. The third-order valence-electron chi connectivity index (χ3n) is 3.72. The van der Waals surface area contributed by atoms with Crippen LogP contribution in [0.1, 0.15) is 56.7 Å². The number of hydrogen-bond acceptors (Lipinski definition) is 7. The van der Waals surface area contributed by atoms with Gasteiger partial charge in [0.2, 0.25) is 0 Å². The van der Waals surface area contributed by atoms with E-state index in [2.05, 4.69) is 5.32 Å². The number of benzene rings is 1. The molecule has 0 aliphatic carbocycles. The molecule has 150 valence electrons. The molecule has 0 atom stereocenters. The Bertz CT molecular complexity index is 887. The van der Waals surface area contributed by atoms with Crippen LogP contribution in [-0.2, 0) is 9.47 Å². The Hall–Kier alpha value is -2.87. The lowest BCUT2D eigenvalue weighted by Crippen LogP contribution is -2.17. The minimum atomic E-state index is -0.618. The van der Waals surface area contributed by atoms with E-state index < -0.39 is 17.8 Å². The Morgan fingerprint density at radius 2 is 1.82 bits per heavy atom. The Kier molecular flexibility index (Phi) is 7.17. The van der Waals surface area contributed by atoms with Crippen molar-refractivity contribution >= 4 is 34.2 Å². The zero-order valence-electron chi connectivity index (χ0n) is 16.5. The molecule has 1 heterocycles. The first-order valence-corrected chi connectivity index (χ1v) is 9.57. The number of esters is 2. The van der Waals surface area contributed by atoms with Gasteiger partial charge in [-0.15, -0.1) is 11.3 Å². The van der Waals surface area contributed by atoms with Crippen molar-refractivity contribution in [1.82, 2.24) is 0 Å². The summed E-state index contributed by atoms with van der Waals surface area (Å²) < 4.78 is 15.5. The van der Waals surface area contributed by atoms with Crippen LogP contribution in [0.2, 0.25) is 0 Å². The first kappa shape index (κ1) is 21.4. The molecule has 0 unspecified atom stereocenters. The highest BCUT2D eigenvalue weighted by atomic mass is 32.1. The average Bonchev–Trinajstić information content (AvgIpc) is 2.97. The standard InChI is InChI=1S/C20H23NO6S/c1-6-26-14-10-8-7-9-13(14)17(22)21-18-15(19(23)27-11(2)3)12(4)16(28-18)20(24)25-5/h7-11H,6H2,1-5H3,(H,21,22). The number of methoxy groups -OCH3 is 1. The predicted molar refractivity (Wildman–Crippen MR) is 107 cm³/mol. The minimum absolute atomic E-state index is 0.140. The van der Waals surface area contributed by atoms with Crippen molar-refractivity contribution in [3.05, 3.63) is 45.8 Å². The second-order valence-electron chi connectivity index (χ2n) is 6.09. The number of carbonyl (C=O) groups is 3. The van der Waals surface area contributed by atoms with E-state index in [1.54, 1.807) is 45.0 Å². The maximum atomic E-state index is 12.8. The maximum Gasteiger partial charge on any atom is 0.348 e. The number of para-hydroxylation sites is 1. The van der Waals surface area contributed by atoms with E-state index in [0.717, 1.165) is 11.3 Å². The van der Waals surface area contributed by atoms with Gasteiger partial charge in [-0.3, -0.25) is 4.79 Å². The van der Waals surface area contributed by atoms with Crippen LogP contribution in [0.15, 0.2) is 24.3 Å². The van der Waals surface area contributed by atoms with Crippen molar-refractivity contribution in [2.75, 3.05) is 19.0 Å². The highest BCUT2D eigenvalue weighted by Gasteiger charge is 2.28. The summed E-state index contributed by atoms with van der Waals surface area (Å²) in [7, 11) is 1.25. The van der Waals surface area contributed by atoms with Gasteiger partial charge in [0, 0.05) is 0 Å². The molecule has 28 heavy (non-hydrogen) atoms. The molecule has 7 nitrogen and oxygen atoms in total. The van der Waals surface area contributed by atoms with Crippen molar-refractivity contribution in [2.24, 2.45) is 0 Å². The van der Waals surface area contributed by atoms with Crippen LogP contribution in [0.4, 0.5) is 5.00 Å². The van der Waals surface area contributed by atoms with E-state index in [-0.39, 0.29) is 21.5 Å². The van der Waals surface area contributed by atoms with Crippen LogP contribution in [0.5, 0.6) is 5.75 Å². The normalized spacial score (nSPS) is 10.5. The van der Waals surface area contributed by atoms with Gasteiger partial charge in [0.15, 0.2) is 0 Å². The lowest BCUT2D eigenvalue weighted by Gasteiger charge is -2.12. The largest absolute Gasteiger partial charge is 0.493 e. The smallest absolute Gasteiger partial charge is 0.348 e. The van der Waals surface area contributed by atoms with Gasteiger partial charge in [-0.2, -0.15) is 0 Å². The molecule has 0 saturated heterocycles. The van der Waals surface area contributed by atoms with E-state index >= 15 is 0 Å². The number of carbonyl (C=O) groups excluding carboxylic acids is 3. The topological polar surface area (TPSA) is 90.9 Å². The molecule has 0 aliphatic rings. The van der Waals surface area contributed by atoms with Crippen LogP contribution < -0.4 is 10.1 Å². The third kappa shape index (κ3) is 4.69. The van der Waals surface area contributed by atoms with Crippen molar-refractivity contribution < 1.29 is 28.6 Å². The van der Waals surface area contributed by atoms with Gasteiger partial charge in [0.05, 0.1) is 30.9 Å². The van der Waals surface area contributed by atoms with Gasteiger partial charge in [0.1, 0.15) is 15.6 Å². The number of hydrogen-bond donors (Lipinski definition) is 1. The number of amides is 1. The number of nitrogens with one attached hydrogen (secondary N) is 1. The summed E-state index contributed by atoms with van der Waals surface area (Å²) >= 11 is 0.968. The molecule has 0 spiro atoms. The molecule has 2 aromatic rings.